The Balaban J connectivity index is 1.69. The van der Waals surface area contributed by atoms with Crippen LogP contribution in [-0.4, -0.2) is 43.8 Å². The molecule has 0 bridgehead atoms. The Labute approximate surface area is 248 Å². The molecule has 4 rings (SSSR count). The monoisotopic (exact) mass is 595 g/mol. The molecule has 9 heteroatoms. The van der Waals surface area contributed by atoms with E-state index >= 15 is 0 Å². The molecule has 3 aromatic carbocycles. The summed E-state index contributed by atoms with van der Waals surface area (Å²) < 4.78 is 29.0. The summed E-state index contributed by atoms with van der Waals surface area (Å²) in [6.07, 6.45) is 5.09. The SMILES string of the molecule is Cc1ccc(N(CC(=O)N(Cc2ccccc2Cl)C(C)C(=O)NC2CCCCC2)S(=O)(=O)c2ccccc2)cc1C. The largest absolute Gasteiger partial charge is 0.352 e. The molecule has 1 saturated carbocycles. The molecule has 1 N–H and O–H groups in total. The Kier molecular flexibility index (Phi) is 10.1. The van der Waals surface area contributed by atoms with Crippen LogP contribution in [0.2, 0.25) is 5.02 Å². The van der Waals surface area contributed by atoms with Gasteiger partial charge in [0.25, 0.3) is 10.0 Å². The fourth-order valence-electron chi connectivity index (χ4n) is 5.09. The van der Waals surface area contributed by atoms with Crippen LogP contribution in [0.25, 0.3) is 0 Å². The number of nitrogens with one attached hydrogen (secondary N) is 1. The fourth-order valence-corrected chi connectivity index (χ4v) is 6.71. The molecule has 0 radical (unpaired) electrons. The smallest absolute Gasteiger partial charge is 0.264 e. The Bertz CT molecular complexity index is 1470. The minimum Gasteiger partial charge on any atom is -0.352 e. The molecular formula is C32H38ClN3O4S. The summed E-state index contributed by atoms with van der Waals surface area (Å²) in [5.41, 5.74) is 2.95. The van der Waals surface area contributed by atoms with Gasteiger partial charge < -0.3 is 10.2 Å². The van der Waals surface area contributed by atoms with Gasteiger partial charge in [-0.3, -0.25) is 13.9 Å². The molecule has 1 unspecified atom stereocenters. The van der Waals surface area contributed by atoms with E-state index in [9.17, 15) is 18.0 Å². The maximum absolute atomic E-state index is 14.1. The second kappa shape index (κ2) is 13.5. The van der Waals surface area contributed by atoms with Gasteiger partial charge in [-0.2, -0.15) is 0 Å². The van der Waals surface area contributed by atoms with Gasteiger partial charge in [-0.15, -0.1) is 0 Å². The third-order valence-corrected chi connectivity index (χ3v) is 9.96. The number of rotatable bonds is 10. The molecule has 1 atom stereocenters. The van der Waals surface area contributed by atoms with Crippen LogP contribution in [-0.2, 0) is 26.2 Å². The van der Waals surface area contributed by atoms with Crippen molar-refractivity contribution in [3.63, 3.8) is 0 Å². The number of sulfonamides is 1. The van der Waals surface area contributed by atoms with E-state index in [1.807, 2.05) is 26.0 Å². The molecule has 41 heavy (non-hydrogen) atoms. The highest BCUT2D eigenvalue weighted by Gasteiger charge is 2.33. The molecule has 218 valence electrons. The van der Waals surface area contributed by atoms with E-state index in [0.29, 0.717) is 16.3 Å². The standard InChI is InChI=1S/C32H38ClN3O4S/c1-23-18-19-28(20-24(23)2)36(41(39,40)29-15-8-5-9-16-29)22-31(37)35(21-26-12-10-11-17-30(26)33)25(3)32(38)34-27-13-6-4-7-14-27/h5,8-12,15-20,25,27H,4,6-7,13-14,21-22H2,1-3H3,(H,34,38). The number of amides is 2. The fraction of sp³-hybridized carbons (Fsp3) is 0.375. The predicted octanol–water partition coefficient (Wildman–Crippen LogP) is 6.02. The van der Waals surface area contributed by atoms with Crippen LogP contribution in [0.4, 0.5) is 5.69 Å². The lowest BCUT2D eigenvalue weighted by atomic mass is 9.95. The first kappa shape index (κ1) is 30.6. The molecule has 1 aliphatic rings. The summed E-state index contributed by atoms with van der Waals surface area (Å²) in [4.78, 5) is 29.0. The number of anilines is 1. The third-order valence-electron chi connectivity index (χ3n) is 7.81. The molecule has 1 aliphatic carbocycles. The zero-order valence-electron chi connectivity index (χ0n) is 23.8. The summed E-state index contributed by atoms with van der Waals surface area (Å²) >= 11 is 6.45. The Hall–Kier alpha value is -3.36. The highest BCUT2D eigenvalue weighted by Crippen LogP contribution is 2.27. The number of hydrogen-bond acceptors (Lipinski definition) is 4. The number of carbonyl (C=O) groups excluding carboxylic acids is 2. The number of benzene rings is 3. The van der Waals surface area contributed by atoms with Gasteiger partial charge in [0, 0.05) is 17.6 Å². The van der Waals surface area contributed by atoms with Gasteiger partial charge in [-0.05, 0) is 80.6 Å². The highest BCUT2D eigenvalue weighted by atomic mass is 35.5. The van der Waals surface area contributed by atoms with Crippen LogP contribution in [0.1, 0.15) is 55.7 Å². The summed E-state index contributed by atoms with van der Waals surface area (Å²) in [5, 5.41) is 3.58. The van der Waals surface area contributed by atoms with Gasteiger partial charge in [-0.25, -0.2) is 8.42 Å². The second-order valence-corrected chi connectivity index (χ2v) is 13.0. The maximum Gasteiger partial charge on any atom is 0.264 e. The number of hydrogen-bond donors (Lipinski definition) is 1. The number of nitrogens with zero attached hydrogens (tertiary/aromatic N) is 2. The summed E-state index contributed by atoms with van der Waals surface area (Å²) in [5.74, 6) is -0.769. The lowest BCUT2D eigenvalue weighted by Gasteiger charge is -2.33. The third kappa shape index (κ3) is 7.49. The van der Waals surface area contributed by atoms with Crippen molar-refractivity contribution in [2.24, 2.45) is 0 Å². The lowest BCUT2D eigenvalue weighted by molar-refractivity contribution is -0.139. The van der Waals surface area contributed by atoms with E-state index < -0.39 is 28.5 Å². The molecule has 0 aliphatic heterocycles. The summed E-state index contributed by atoms with van der Waals surface area (Å²) in [7, 11) is -4.10. The Morgan fingerprint density at radius 3 is 2.24 bits per heavy atom. The van der Waals surface area contributed by atoms with Crippen molar-refractivity contribution in [1.82, 2.24) is 10.2 Å². The van der Waals surface area contributed by atoms with Crippen LogP contribution in [0, 0.1) is 13.8 Å². The Morgan fingerprint density at radius 2 is 1.59 bits per heavy atom. The van der Waals surface area contributed by atoms with Gasteiger partial charge in [0.1, 0.15) is 12.6 Å². The van der Waals surface area contributed by atoms with Gasteiger partial charge >= 0.3 is 0 Å². The van der Waals surface area contributed by atoms with E-state index in [1.165, 1.54) is 17.0 Å². The number of carbonyl (C=O) groups is 2. The molecule has 2 amide bonds. The first-order valence-corrected chi connectivity index (χ1v) is 15.9. The van der Waals surface area contributed by atoms with Gasteiger partial charge in [0.05, 0.1) is 10.6 Å². The molecule has 3 aromatic rings. The normalized spacial score (nSPS) is 14.7. The van der Waals surface area contributed by atoms with Crippen molar-refractivity contribution < 1.29 is 18.0 Å². The first-order valence-electron chi connectivity index (χ1n) is 14.1. The topological polar surface area (TPSA) is 86.8 Å². The molecule has 0 heterocycles. The van der Waals surface area contributed by atoms with Crippen molar-refractivity contribution in [3.8, 4) is 0 Å². The zero-order chi connectivity index (χ0) is 29.6. The molecule has 0 spiro atoms. The van der Waals surface area contributed by atoms with Crippen LogP contribution in [0.5, 0.6) is 0 Å². The van der Waals surface area contributed by atoms with Gasteiger partial charge in [0.2, 0.25) is 11.8 Å². The van der Waals surface area contributed by atoms with Gasteiger partial charge in [-0.1, -0.05) is 73.3 Å². The van der Waals surface area contributed by atoms with E-state index in [2.05, 4.69) is 5.32 Å². The molecule has 0 saturated heterocycles. The highest BCUT2D eigenvalue weighted by molar-refractivity contribution is 7.92. The quantitative estimate of drug-likeness (QED) is 0.311. The van der Waals surface area contributed by atoms with E-state index in [4.69, 9.17) is 11.6 Å². The molecule has 7 nitrogen and oxygen atoms in total. The van der Waals surface area contributed by atoms with Gasteiger partial charge in [0.15, 0.2) is 0 Å². The van der Waals surface area contributed by atoms with Crippen LogP contribution < -0.4 is 9.62 Å². The number of halogens is 1. The minimum atomic E-state index is -4.10. The maximum atomic E-state index is 14.1. The van der Waals surface area contributed by atoms with Crippen molar-refractivity contribution in [1.29, 1.82) is 0 Å². The van der Waals surface area contributed by atoms with Crippen LogP contribution >= 0.6 is 11.6 Å². The van der Waals surface area contributed by atoms with Crippen LogP contribution in [0.15, 0.2) is 77.7 Å². The van der Waals surface area contributed by atoms with Crippen LogP contribution in [0.3, 0.4) is 0 Å². The second-order valence-electron chi connectivity index (χ2n) is 10.7. The van der Waals surface area contributed by atoms with Crippen molar-refractivity contribution in [3.05, 3.63) is 94.5 Å². The van der Waals surface area contributed by atoms with Crippen molar-refractivity contribution in [2.75, 3.05) is 10.8 Å². The summed E-state index contributed by atoms with van der Waals surface area (Å²) in [6, 6.07) is 19.7. The lowest BCUT2D eigenvalue weighted by Crippen LogP contribution is -2.53. The molecular weight excluding hydrogens is 558 g/mol. The first-order chi connectivity index (χ1) is 19.6. The van der Waals surface area contributed by atoms with Crippen molar-refractivity contribution in [2.45, 2.75) is 76.4 Å². The van der Waals surface area contributed by atoms with E-state index in [0.717, 1.165) is 47.5 Å². The average molecular weight is 596 g/mol. The van der Waals surface area contributed by atoms with E-state index in [-0.39, 0.29) is 23.4 Å². The Morgan fingerprint density at radius 1 is 0.927 bits per heavy atom. The average Bonchev–Trinajstić information content (AvgIpc) is 2.97. The molecule has 1 fully saturated rings. The van der Waals surface area contributed by atoms with E-state index in [1.54, 1.807) is 55.5 Å². The minimum absolute atomic E-state index is 0.0594. The zero-order valence-corrected chi connectivity index (χ0v) is 25.4. The predicted molar refractivity (Wildman–Crippen MR) is 163 cm³/mol. The van der Waals surface area contributed by atoms with Crippen molar-refractivity contribution >= 4 is 39.1 Å². The number of aryl methyl sites for hydroxylation is 2. The molecule has 0 aromatic heterocycles. The summed E-state index contributed by atoms with van der Waals surface area (Å²) in [6.45, 7) is 5.10.